The monoisotopic (exact) mass is 506 g/mol. The van der Waals surface area contributed by atoms with Crippen LogP contribution in [-0.4, -0.2) is 37.2 Å². The van der Waals surface area contributed by atoms with Gasteiger partial charge in [-0.2, -0.15) is 0 Å². The van der Waals surface area contributed by atoms with Gasteiger partial charge in [-0.1, -0.05) is 49.3 Å². The molecule has 0 saturated carbocycles. The van der Waals surface area contributed by atoms with Crippen molar-refractivity contribution in [3.05, 3.63) is 59.2 Å². The number of halogens is 1. The average Bonchev–Trinajstić information content (AvgIpc) is 2.78. The van der Waals surface area contributed by atoms with Crippen LogP contribution in [0.2, 0.25) is 5.02 Å². The topological polar surface area (TPSA) is 124 Å². The van der Waals surface area contributed by atoms with Crippen LogP contribution in [-0.2, 0) is 14.6 Å². The van der Waals surface area contributed by atoms with E-state index in [1.807, 2.05) is 13.8 Å². The van der Waals surface area contributed by atoms with Crippen molar-refractivity contribution < 1.29 is 17.9 Å². The van der Waals surface area contributed by atoms with Crippen molar-refractivity contribution in [2.24, 2.45) is 0 Å². The van der Waals surface area contributed by atoms with Crippen LogP contribution in [0.3, 0.4) is 0 Å². The summed E-state index contributed by atoms with van der Waals surface area (Å²) in [7, 11) is -2.39. The number of carbonyl (C=O) groups excluding carboxylic acids is 1. The van der Waals surface area contributed by atoms with Crippen molar-refractivity contribution in [1.29, 1.82) is 0 Å². The smallest absolute Gasteiger partial charge is 0.234 e. The molecule has 1 heterocycles. The normalized spacial score (nSPS) is 11.4. The van der Waals surface area contributed by atoms with Crippen molar-refractivity contribution in [2.45, 2.75) is 34.7 Å². The Morgan fingerprint density at radius 3 is 2.52 bits per heavy atom. The summed E-state index contributed by atoms with van der Waals surface area (Å²) in [5.41, 5.74) is 7.39. The lowest BCUT2D eigenvalue weighted by atomic mass is 10.0. The second-order valence-corrected chi connectivity index (χ2v) is 10.6. The fourth-order valence-electron chi connectivity index (χ4n) is 2.90. The molecule has 0 radical (unpaired) electrons. The molecule has 0 spiro atoms. The van der Waals surface area contributed by atoms with E-state index in [-0.39, 0.29) is 38.3 Å². The standard InChI is InChI=1S/C22H23ClN4O4S2/c1-13(2)14-4-7-16(8-5-14)33(29,30)19-11-25-22(27-21(19)24)32-12-20(28)26-17-10-15(23)6-9-18(17)31-3/h4-11,13H,12H2,1-3H3,(H,26,28)(H2,24,25,27). The molecule has 3 N–H and O–H groups in total. The van der Waals surface area contributed by atoms with E-state index in [4.69, 9.17) is 22.1 Å². The van der Waals surface area contributed by atoms with Crippen LogP contribution in [0.4, 0.5) is 11.5 Å². The lowest BCUT2D eigenvalue weighted by Gasteiger charge is -2.11. The number of ether oxygens (including phenoxy) is 1. The molecule has 0 fully saturated rings. The molecule has 11 heteroatoms. The van der Waals surface area contributed by atoms with Crippen molar-refractivity contribution in [2.75, 3.05) is 23.9 Å². The number of nitrogens with two attached hydrogens (primary N) is 1. The number of nitrogens with one attached hydrogen (secondary N) is 1. The Hall–Kier alpha value is -2.82. The quantitative estimate of drug-likeness (QED) is 0.340. The number of hydrogen-bond donors (Lipinski definition) is 2. The zero-order valence-corrected chi connectivity index (χ0v) is 20.6. The van der Waals surface area contributed by atoms with Gasteiger partial charge >= 0.3 is 0 Å². The summed E-state index contributed by atoms with van der Waals surface area (Å²) in [5, 5.41) is 3.33. The van der Waals surface area contributed by atoms with Gasteiger partial charge in [0.25, 0.3) is 0 Å². The maximum absolute atomic E-state index is 13.0. The van der Waals surface area contributed by atoms with Gasteiger partial charge in [0.2, 0.25) is 15.7 Å². The number of methoxy groups -OCH3 is 1. The number of nitrogen functional groups attached to an aromatic ring is 1. The van der Waals surface area contributed by atoms with Crippen molar-refractivity contribution in [1.82, 2.24) is 9.97 Å². The number of benzene rings is 2. The van der Waals surface area contributed by atoms with E-state index in [1.165, 1.54) is 7.11 Å². The van der Waals surface area contributed by atoms with Crippen LogP contribution in [0, 0.1) is 0 Å². The number of amides is 1. The van der Waals surface area contributed by atoms with Gasteiger partial charge in [0.15, 0.2) is 5.16 Å². The molecule has 0 aliphatic heterocycles. The summed E-state index contributed by atoms with van der Waals surface area (Å²) in [5.74, 6) is 0.192. The summed E-state index contributed by atoms with van der Waals surface area (Å²) in [4.78, 5) is 20.4. The molecule has 1 aromatic heterocycles. The van der Waals surface area contributed by atoms with Gasteiger partial charge in [-0.05, 0) is 41.8 Å². The van der Waals surface area contributed by atoms with E-state index in [2.05, 4.69) is 15.3 Å². The minimum absolute atomic E-state index is 0.0299. The van der Waals surface area contributed by atoms with E-state index in [9.17, 15) is 13.2 Å². The van der Waals surface area contributed by atoms with E-state index in [0.29, 0.717) is 16.5 Å². The number of nitrogens with zero attached hydrogens (tertiary/aromatic N) is 2. The lowest BCUT2D eigenvalue weighted by molar-refractivity contribution is -0.113. The Labute approximate surface area is 201 Å². The molecular formula is C22H23ClN4O4S2. The summed E-state index contributed by atoms with van der Waals surface area (Å²) >= 11 is 6.99. The van der Waals surface area contributed by atoms with Gasteiger partial charge in [0.1, 0.15) is 16.5 Å². The molecule has 0 atom stereocenters. The van der Waals surface area contributed by atoms with Crippen molar-refractivity contribution in [3.8, 4) is 5.75 Å². The van der Waals surface area contributed by atoms with Gasteiger partial charge < -0.3 is 15.8 Å². The first kappa shape index (κ1) is 24.8. The first-order chi connectivity index (χ1) is 15.6. The Bertz CT molecular complexity index is 1270. The number of aromatic nitrogens is 2. The minimum Gasteiger partial charge on any atom is -0.495 e. The third-order valence-corrected chi connectivity index (χ3v) is 7.56. The van der Waals surface area contributed by atoms with Gasteiger partial charge in [0, 0.05) is 5.02 Å². The van der Waals surface area contributed by atoms with E-state index in [1.54, 1.807) is 42.5 Å². The highest BCUT2D eigenvalue weighted by Gasteiger charge is 2.23. The Morgan fingerprint density at radius 2 is 1.91 bits per heavy atom. The molecule has 174 valence electrons. The molecule has 1 amide bonds. The SMILES string of the molecule is COc1ccc(Cl)cc1NC(=O)CSc1ncc(S(=O)(=O)c2ccc(C(C)C)cc2)c(N)n1. The highest BCUT2D eigenvalue weighted by atomic mass is 35.5. The number of thioether (sulfide) groups is 1. The average molecular weight is 507 g/mol. The predicted molar refractivity (Wildman–Crippen MR) is 130 cm³/mol. The Balaban J connectivity index is 1.70. The first-order valence-corrected chi connectivity index (χ1v) is 12.7. The summed E-state index contributed by atoms with van der Waals surface area (Å²) < 4.78 is 31.1. The molecule has 0 bridgehead atoms. The second kappa shape index (κ2) is 10.4. The van der Waals surface area contributed by atoms with E-state index < -0.39 is 9.84 Å². The van der Waals surface area contributed by atoms with Gasteiger partial charge in [-0.3, -0.25) is 4.79 Å². The minimum atomic E-state index is -3.88. The first-order valence-electron chi connectivity index (χ1n) is 9.85. The number of carbonyl (C=O) groups is 1. The molecular weight excluding hydrogens is 484 g/mol. The number of anilines is 2. The predicted octanol–water partition coefficient (Wildman–Crippen LogP) is 4.41. The highest BCUT2D eigenvalue weighted by molar-refractivity contribution is 7.99. The summed E-state index contributed by atoms with van der Waals surface area (Å²) in [6.07, 6.45) is 1.16. The molecule has 0 saturated heterocycles. The van der Waals surface area contributed by atoms with Crippen LogP contribution in [0.1, 0.15) is 25.3 Å². The highest BCUT2D eigenvalue weighted by Crippen LogP contribution is 2.29. The van der Waals surface area contributed by atoms with Gasteiger partial charge in [0.05, 0.1) is 29.6 Å². The molecule has 8 nitrogen and oxygen atoms in total. The molecule has 3 aromatic rings. The zero-order chi connectivity index (χ0) is 24.2. The van der Waals surface area contributed by atoms with Crippen molar-refractivity contribution in [3.63, 3.8) is 0 Å². The third-order valence-electron chi connectivity index (χ3n) is 4.68. The van der Waals surface area contributed by atoms with Crippen LogP contribution in [0.5, 0.6) is 5.75 Å². The second-order valence-electron chi connectivity index (χ2n) is 7.31. The number of hydrogen-bond acceptors (Lipinski definition) is 8. The van der Waals surface area contributed by atoms with Crippen LogP contribution in [0.25, 0.3) is 0 Å². The van der Waals surface area contributed by atoms with E-state index >= 15 is 0 Å². The fourth-order valence-corrected chi connectivity index (χ4v) is 4.95. The fraction of sp³-hybridized carbons (Fsp3) is 0.227. The molecule has 0 unspecified atom stereocenters. The van der Waals surface area contributed by atoms with Gasteiger partial charge in [-0.15, -0.1) is 0 Å². The molecule has 2 aromatic carbocycles. The van der Waals surface area contributed by atoms with Crippen LogP contribution >= 0.6 is 23.4 Å². The summed E-state index contributed by atoms with van der Waals surface area (Å²) in [6, 6.07) is 11.5. The Kier molecular flexibility index (Phi) is 7.83. The molecule has 0 aliphatic rings. The largest absolute Gasteiger partial charge is 0.495 e. The lowest BCUT2D eigenvalue weighted by Crippen LogP contribution is -2.15. The maximum atomic E-state index is 13.0. The maximum Gasteiger partial charge on any atom is 0.234 e. The molecule has 0 aliphatic carbocycles. The number of sulfone groups is 1. The van der Waals surface area contributed by atoms with Crippen LogP contribution in [0.15, 0.2) is 63.6 Å². The van der Waals surface area contributed by atoms with Gasteiger partial charge in [-0.25, -0.2) is 18.4 Å². The Morgan fingerprint density at radius 1 is 1.21 bits per heavy atom. The van der Waals surface area contributed by atoms with E-state index in [0.717, 1.165) is 23.5 Å². The third kappa shape index (κ3) is 5.95. The number of rotatable bonds is 8. The molecule has 3 rings (SSSR count). The van der Waals surface area contributed by atoms with Crippen LogP contribution < -0.4 is 15.8 Å². The molecule has 33 heavy (non-hydrogen) atoms. The zero-order valence-electron chi connectivity index (χ0n) is 18.2. The van der Waals surface area contributed by atoms with Crippen molar-refractivity contribution >= 4 is 50.6 Å². The summed E-state index contributed by atoms with van der Waals surface area (Å²) in [6.45, 7) is 4.05.